The van der Waals surface area contributed by atoms with E-state index >= 15 is 0 Å². The van der Waals surface area contributed by atoms with Gasteiger partial charge in [-0.05, 0) is 6.42 Å². The predicted octanol–water partition coefficient (Wildman–Crippen LogP) is 0.691. The van der Waals surface area contributed by atoms with Crippen LogP contribution in [0, 0.1) is 0 Å². The minimum absolute atomic E-state index is 0.0978. The first-order valence-electron chi connectivity index (χ1n) is 6.45. The van der Waals surface area contributed by atoms with Crippen molar-refractivity contribution in [2.24, 2.45) is 7.05 Å². The number of rotatable bonds is 5. The lowest BCUT2D eigenvalue weighted by molar-refractivity contribution is -0.117. The van der Waals surface area contributed by atoms with Gasteiger partial charge in [-0.3, -0.25) is 14.8 Å². The minimum Gasteiger partial charge on any atom is -0.338 e. The summed E-state index contributed by atoms with van der Waals surface area (Å²) < 4.78 is 1.64. The molecule has 0 aliphatic rings. The molecule has 8 nitrogen and oxygen atoms in total. The summed E-state index contributed by atoms with van der Waals surface area (Å²) in [5.74, 6) is -0.273. The molecule has 0 spiro atoms. The van der Waals surface area contributed by atoms with Crippen LogP contribution in [0.3, 0.4) is 0 Å². The molecule has 0 atom stereocenters. The number of hydrogen-bond donors (Lipinski definition) is 2. The van der Waals surface area contributed by atoms with Crippen molar-refractivity contribution in [3.05, 3.63) is 12.5 Å². The normalized spacial score (nSPS) is 10.6. The van der Waals surface area contributed by atoms with Crippen LogP contribution in [-0.4, -0.2) is 44.0 Å². The van der Waals surface area contributed by atoms with Crippen LogP contribution in [0.1, 0.15) is 13.3 Å². The highest BCUT2D eigenvalue weighted by Crippen LogP contribution is 2.23. The molecule has 0 unspecified atom stereocenters. The van der Waals surface area contributed by atoms with E-state index in [9.17, 15) is 9.59 Å². The van der Waals surface area contributed by atoms with Crippen LogP contribution >= 0.6 is 11.8 Å². The van der Waals surface area contributed by atoms with Gasteiger partial charge in [-0.2, -0.15) is 5.10 Å². The zero-order valence-electron chi connectivity index (χ0n) is 11.8. The maximum Gasteiger partial charge on any atom is 0.321 e. The molecular weight excluding hydrogens is 292 g/mol. The van der Waals surface area contributed by atoms with Gasteiger partial charge >= 0.3 is 6.03 Å². The summed E-state index contributed by atoms with van der Waals surface area (Å²) in [6, 6.07) is -0.475. The summed E-state index contributed by atoms with van der Waals surface area (Å²) in [5.41, 5.74) is 0.702. The molecule has 2 aromatic heterocycles. The fourth-order valence-electron chi connectivity index (χ4n) is 1.63. The Morgan fingerprint density at radius 2 is 2.19 bits per heavy atom. The number of urea groups is 1. The largest absolute Gasteiger partial charge is 0.338 e. The van der Waals surface area contributed by atoms with Crippen LogP contribution in [0.4, 0.5) is 4.79 Å². The van der Waals surface area contributed by atoms with Crippen LogP contribution in [0.2, 0.25) is 0 Å². The number of amides is 3. The van der Waals surface area contributed by atoms with Crippen LogP contribution in [-0.2, 0) is 11.8 Å². The summed E-state index contributed by atoms with van der Waals surface area (Å²) in [5, 5.41) is 10.4. The van der Waals surface area contributed by atoms with Crippen molar-refractivity contribution >= 4 is 34.7 Å². The number of hydrogen-bond acceptors (Lipinski definition) is 6. The number of nitrogens with zero attached hydrogens (tertiary/aromatic N) is 4. The maximum atomic E-state index is 11.7. The fraction of sp³-hybridized carbons (Fsp3) is 0.417. The molecule has 21 heavy (non-hydrogen) atoms. The second-order valence-electron chi connectivity index (χ2n) is 4.28. The van der Waals surface area contributed by atoms with Crippen LogP contribution < -0.4 is 10.6 Å². The Hall–Kier alpha value is -2.16. The third kappa shape index (κ3) is 3.91. The number of carbonyl (C=O) groups is 2. The van der Waals surface area contributed by atoms with Crippen LogP contribution in [0.25, 0.3) is 11.0 Å². The number of carbonyl (C=O) groups excluding carboxylic acids is 2. The van der Waals surface area contributed by atoms with Gasteiger partial charge in [0.1, 0.15) is 11.4 Å². The van der Waals surface area contributed by atoms with Gasteiger partial charge in [0.15, 0.2) is 5.65 Å². The molecule has 3 amide bonds. The minimum atomic E-state index is -0.475. The summed E-state index contributed by atoms with van der Waals surface area (Å²) >= 11 is 1.24. The highest BCUT2D eigenvalue weighted by molar-refractivity contribution is 8.00. The Labute approximate surface area is 125 Å². The Kier molecular flexibility index (Phi) is 5.09. The highest BCUT2D eigenvalue weighted by atomic mass is 32.2. The van der Waals surface area contributed by atoms with Crippen molar-refractivity contribution in [2.45, 2.75) is 18.4 Å². The standard InChI is InChI=1S/C12H16N6O2S/c1-3-4-13-12(20)17-9(19)6-21-11-8-5-16-18(2)10(8)14-7-15-11/h5,7H,3-4,6H2,1-2H3,(H2,13,17,19,20). The first-order chi connectivity index (χ1) is 10.1. The zero-order valence-corrected chi connectivity index (χ0v) is 12.6. The van der Waals surface area contributed by atoms with E-state index in [1.54, 1.807) is 17.9 Å². The van der Waals surface area contributed by atoms with Crippen molar-refractivity contribution in [1.29, 1.82) is 0 Å². The number of imide groups is 1. The van der Waals surface area contributed by atoms with E-state index in [2.05, 4.69) is 25.7 Å². The summed E-state index contributed by atoms with van der Waals surface area (Å²) in [6.45, 7) is 2.47. The van der Waals surface area contributed by atoms with Gasteiger partial charge in [0, 0.05) is 13.6 Å². The third-order valence-corrected chi connectivity index (χ3v) is 3.63. The predicted molar refractivity (Wildman–Crippen MR) is 78.9 cm³/mol. The quantitative estimate of drug-likeness (QED) is 0.622. The van der Waals surface area contributed by atoms with Crippen LogP contribution in [0.5, 0.6) is 0 Å². The van der Waals surface area contributed by atoms with E-state index in [1.165, 1.54) is 18.1 Å². The number of thioether (sulfide) groups is 1. The van der Waals surface area contributed by atoms with E-state index in [0.29, 0.717) is 17.2 Å². The van der Waals surface area contributed by atoms with Gasteiger partial charge in [-0.25, -0.2) is 14.8 Å². The highest BCUT2D eigenvalue weighted by Gasteiger charge is 2.12. The van der Waals surface area contributed by atoms with E-state index < -0.39 is 6.03 Å². The molecule has 2 heterocycles. The summed E-state index contributed by atoms with van der Waals surface area (Å²) in [6.07, 6.45) is 3.90. The molecule has 2 rings (SSSR count). The molecule has 0 aliphatic heterocycles. The smallest absolute Gasteiger partial charge is 0.321 e. The lowest BCUT2D eigenvalue weighted by Crippen LogP contribution is -2.40. The number of aryl methyl sites for hydroxylation is 1. The first-order valence-corrected chi connectivity index (χ1v) is 7.43. The summed E-state index contributed by atoms with van der Waals surface area (Å²) in [4.78, 5) is 31.3. The topological polar surface area (TPSA) is 102 Å². The number of fused-ring (bicyclic) bond motifs is 1. The molecule has 9 heteroatoms. The molecular formula is C12H16N6O2S. The molecule has 0 fully saturated rings. The Morgan fingerprint density at radius 1 is 1.38 bits per heavy atom. The van der Waals surface area contributed by atoms with Crippen molar-refractivity contribution < 1.29 is 9.59 Å². The van der Waals surface area contributed by atoms with Gasteiger partial charge in [0.05, 0.1) is 17.3 Å². The van der Waals surface area contributed by atoms with Crippen molar-refractivity contribution in [1.82, 2.24) is 30.4 Å². The molecule has 2 N–H and O–H groups in total. The Bertz CT molecular complexity index is 656. The fourth-order valence-corrected chi connectivity index (χ4v) is 2.40. The van der Waals surface area contributed by atoms with E-state index in [0.717, 1.165) is 11.8 Å². The van der Waals surface area contributed by atoms with Crippen molar-refractivity contribution in [3.8, 4) is 0 Å². The van der Waals surface area contributed by atoms with Gasteiger partial charge in [0.2, 0.25) is 5.91 Å². The Morgan fingerprint density at radius 3 is 2.95 bits per heavy atom. The summed E-state index contributed by atoms with van der Waals surface area (Å²) in [7, 11) is 1.79. The number of aromatic nitrogens is 4. The number of nitrogens with one attached hydrogen (secondary N) is 2. The van der Waals surface area contributed by atoms with Crippen molar-refractivity contribution in [2.75, 3.05) is 12.3 Å². The molecule has 0 saturated heterocycles. The monoisotopic (exact) mass is 308 g/mol. The molecule has 0 aliphatic carbocycles. The van der Waals surface area contributed by atoms with E-state index in [1.807, 2.05) is 6.92 Å². The molecule has 0 bridgehead atoms. The van der Waals surface area contributed by atoms with Gasteiger partial charge in [-0.1, -0.05) is 18.7 Å². The Balaban J connectivity index is 1.92. The second kappa shape index (κ2) is 7.02. The van der Waals surface area contributed by atoms with Gasteiger partial charge < -0.3 is 5.32 Å². The van der Waals surface area contributed by atoms with Gasteiger partial charge in [0.25, 0.3) is 0 Å². The van der Waals surface area contributed by atoms with Gasteiger partial charge in [-0.15, -0.1) is 0 Å². The average Bonchev–Trinajstić information content (AvgIpc) is 2.85. The zero-order chi connectivity index (χ0) is 15.2. The second-order valence-corrected chi connectivity index (χ2v) is 5.24. The molecule has 0 aromatic carbocycles. The molecule has 112 valence electrons. The van der Waals surface area contributed by atoms with Crippen LogP contribution in [0.15, 0.2) is 17.6 Å². The average molecular weight is 308 g/mol. The third-order valence-electron chi connectivity index (χ3n) is 2.62. The SMILES string of the molecule is CCCNC(=O)NC(=O)CSc1ncnc2c1cnn2C. The van der Waals surface area contributed by atoms with E-state index in [4.69, 9.17) is 0 Å². The maximum absolute atomic E-state index is 11.7. The molecule has 0 radical (unpaired) electrons. The van der Waals surface area contributed by atoms with E-state index in [-0.39, 0.29) is 11.7 Å². The lowest BCUT2D eigenvalue weighted by Gasteiger charge is -2.05. The lowest BCUT2D eigenvalue weighted by atomic mass is 10.4. The molecule has 0 saturated carbocycles. The molecule has 2 aromatic rings. The first kappa shape index (κ1) is 15.2. The van der Waals surface area contributed by atoms with Crippen molar-refractivity contribution in [3.63, 3.8) is 0 Å².